The molecular weight excluding hydrogens is 228 g/mol. The zero-order chi connectivity index (χ0) is 13.1. The van der Waals surface area contributed by atoms with E-state index in [-0.39, 0.29) is 0 Å². The van der Waals surface area contributed by atoms with Gasteiger partial charge in [0, 0.05) is 19.7 Å². The Morgan fingerprint density at radius 2 is 2.28 bits per heavy atom. The molecule has 0 spiro atoms. The second kappa shape index (κ2) is 5.05. The lowest BCUT2D eigenvalue weighted by molar-refractivity contribution is 0.417. The average molecular weight is 244 g/mol. The lowest BCUT2D eigenvalue weighted by Gasteiger charge is -1.98. The molecule has 0 aromatic carbocycles. The first-order valence-electron chi connectivity index (χ1n) is 5.99. The minimum atomic E-state index is 0.470. The smallest absolute Gasteiger partial charge is 0.274 e. The molecule has 2 heterocycles. The number of hydrogen-bond donors (Lipinski definition) is 0. The van der Waals surface area contributed by atoms with E-state index in [9.17, 15) is 0 Å². The summed E-state index contributed by atoms with van der Waals surface area (Å²) in [6, 6.07) is 3.84. The van der Waals surface area contributed by atoms with E-state index in [1.54, 1.807) is 12.3 Å². The highest BCUT2D eigenvalue weighted by atomic mass is 16.5. The third-order valence-electron chi connectivity index (χ3n) is 2.77. The van der Waals surface area contributed by atoms with Crippen LogP contribution in [0.4, 0.5) is 0 Å². The first-order valence-corrected chi connectivity index (χ1v) is 5.99. The molecule has 0 unspecified atom stereocenters. The summed E-state index contributed by atoms with van der Waals surface area (Å²) in [7, 11) is 1.86. The molecule has 5 nitrogen and oxygen atoms in total. The Balaban J connectivity index is 2.19. The van der Waals surface area contributed by atoms with E-state index in [1.165, 1.54) is 0 Å². The number of aromatic nitrogens is 3. The third-order valence-corrected chi connectivity index (χ3v) is 2.77. The van der Waals surface area contributed by atoms with Gasteiger partial charge in [0.15, 0.2) is 5.82 Å². The van der Waals surface area contributed by atoms with Crippen LogP contribution < -0.4 is 0 Å². The topological polar surface area (TPSA) is 67.6 Å². The summed E-state index contributed by atoms with van der Waals surface area (Å²) in [6.45, 7) is 4.33. The molecule has 18 heavy (non-hydrogen) atoms. The minimum absolute atomic E-state index is 0.470. The Bertz CT molecular complexity index is 574. The van der Waals surface area contributed by atoms with Crippen LogP contribution in [-0.4, -0.2) is 14.7 Å². The maximum Gasteiger partial charge on any atom is 0.274 e. The van der Waals surface area contributed by atoms with Crippen LogP contribution in [0.25, 0.3) is 11.6 Å². The Morgan fingerprint density at radius 1 is 1.50 bits per heavy atom. The first-order chi connectivity index (χ1) is 8.60. The van der Waals surface area contributed by atoms with E-state index in [0.717, 1.165) is 24.4 Å². The molecule has 0 atom stereocenters. The van der Waals surface area contributed by atoms with Crippen molar-refractivity contribution in [1.29, 1.82) is 5.26 Å². The second-order valence-corrected chi connectivity index (χ2v) is 4.79. The van der Waals surface area contributed by atoms with Crippen LogP contribution in [0.15, 0.2) is 16.8 Å². The van der Waals surface area contributed by atoms with Crippen molar-refractivity contribution in [3.8, 4) is 17.7 Å². The zero-order valence-electron chi connectivity index (χ0n) is 10.8. The summed E-state index contributed by atoms with van der Waals surface area (Å²) in [5.41, 5.74) is 1.37. The van der Waals surface area contributed by atoms with Gasteiger partial charge < -0.3 is 9.09 Å². The fourth-order valence-corrected chi connectivity index (χ4v) is 1.72. The first kappa shape index (κ1) is 12.4. The van der Waals surface area contributed by atoms with Gasteiger partial charge in [-0.1, -0.05) is 19.0 Å². The lowest BCUT2D eigenvalue weighted by Crippen LogP contribution is -1.94. The van der Waals surface area contributed by atoms with Crippen LogP contribution in [0.2, 0.25) is 0 Å². The lowest BCUT2D eigenvalue weighted by atomic mass is 10.1. The van der Waals surface area contributed by atoms with Gasteiger partial charge in [0.25, 0.3) is 5.89 Å². The SMILES string of the molecule is CC(C)CCc1noc(-c2cc(C#N)cn2C)n1. The van der Waals surface area contributed by atoms with Crippen molar-refractivity contribution in [2.45, 2.75) is 26.7 Å². The molecule has 0 N–H and O–H groups in total. The van der Waals surface area contributed by atoms with Crippen molar-refractivity contribution >= 4 is 0 Å². The van der Waals surface area contributed by atoms with Crippen LogP contribution in [0.1, 0.15) is 31.7 Å². The monoisotopic (exact) mass is 244 g/mol. The van der Waals surface area contributed by atoms with Gasteiger partial charge in [-0.2, -0.15) is 10.2 Å². The molecule has 0 bridgehead atoms. The van der Waals surface area contributed by atoms with Crippen LogP contribution in [0.3, 0.4) is 0 Å². The maximum absolute atomic E-state index is 8.84. The molecule has 0 aliphatic rings. The zero-order valence-corrected chi connectivity index (χ0v) is 10.8. The highest BCUT2D eigenvalue weighted by Gasteiger charge is 2.13. The number of hydrogen-bond acceptors (Lipinski definition) is 4. The molecule has 0 fully saturated rings. The van der Waals surface area contributed by atoms with Gasteiger partial charge in [-0.25, -0.2) is 0 Å². The van der Waals surface area contributed by atoms with Crippen LogP contribution in [0, 0.1) is 17.2 Å². The van der Waals surface area contributed by atoms with Gasteiger partial charge in [-0.15, -0.1) is 0 Å². The number of rotatable bonds is 4. The minimum Gasteiger partial charge on any atom is -0.345 e. The molecule has 0 amide bonds. The third kappa shape index (κ3) is 2.59. The largest absolute Gasteiger partial charge is 0.345 e. The molecule has 94 valence electrons. The average Bonchev–Trinajstić information content (AvgIpc) is 2.92. The highest BCUT2D eigenvalue weighted by Crippen LogP contribution is 2.20. The Kier molecular flexibility index (Phi) is 3.47. The molecule has 2 aromatic rings. The normalized spacial score (nSPS) is 10.8. The van der Waals surface area contributed by atoms with Gasteiger partial charge in [0.2, 0.25) is 0 Å². The number of nitriles is 1. The Morgan fingerprint density at radius 3 is 2.89 bits per heavy atom. The molecule has 0 radical (unpaired) electrons. The predicted molar refractivity (Wildman–Crippen MR) is 66.6 cm³/mol. The fraction of sp³-hybridized carbons (Fsp3) is 0.462. The predicted octanol–water partition coefficient (Wildman–Crippen LogP) is 2.54. The summed E-state index contributed by atoms with van der Waals surface area (Å²) in [5, 5.41) is 12.8. The van der Waals surface area contributed by atoms with Crippen molar-refractivity contribution in [2.75, 3.05) is 0 Å². The summed E-state index contributed by atoms with van der Waals surface area (Å²) in [6.07, 6.45) is 3.60. The van der Waals surface area contributed by atoms with Gasteiger partial charge in [-0.3, -0.25) is 0 Å². The molecule has 2 aromatic heterocycles. The van der Waals surface area contributed by atoms with Crippen molar-refractivity contribution in [2.24, 2.45) is 13.0 Å². The second-order valence-electron chi connectivity index (χ2n) is 4.79. The van der Waals surface area contributed by atoms with E-state index in [2.05, 4.69) is 30.1 Å². The fourth-order valence-electron chi connectivity index (χ4n) is 1.72. The van der Waals surface area contributed by atoms with Crippen molar-refractivity contribution in [3.63, 3.8) is 0 Å². The van der Waals surface area contributed by atoms with Crippen molar-refractivity contribution in [3.05, 3.63) is 23.7 Å². The van der Waals surface area contributed by atoms with Gasteiger partial charge >= 0.3 is 0 Å². The van der Waals surface area contributed by atoms with Gasteiger partial charge in [0.1, 0.15) is 11.8 Å². The molecule has 2 rings (SSSR count). The van der Waals surface area contributed by atoms with Crippen LogP contribution >= 0.6 is 0 Å². The molecule has 5 heteroatoms. The highest BCUT2D eigenvalue weighted by molar-refractivity contribution is 5.52. The maximum atomic E-state index is 8.84. The van der Waals surface area contributed by atoms with Gasteiger partial charge in [0.05, 0.1) is 5.56 Å². The number of nitrogens with zero attached hydrogens (tertiary/aromatic N) is 4. The number of aryl methyl sites for hydroxylation is 2. The molecule has 0 aliphatic heterocycles. The summed E-state index contributed by atoms with van der Waals surface area (Å²) in [5.74, 6) is 1.81. The summed E-state index contributed by atoms with van der Waals surface area (Å²) >= 11 is 0. The van der Waals surface area contributed by atoms with E-state index in [4.69, 9.17) is 9.78 Å². The quantitative estimate of drug-likeness (QED) is 0.828. The summed E-state index contributed by atoms with van der Waals surface area (Å²) in [4.78, 5) is 4.35. The summed E-state index contributed by atoms with van der Waals surface area (Å²) < 4.78 is 7.05. The van der Waals surface area contributed by atoms with Gasteiger partial charge in [-0.05, 0) is 18.4 Å². The van der Waals surface area contributed by atoms with E-state index in [0.29, 0.717) is 17.4 Å². The van der Waals surface area contributed by atoms with E-state index >= 15 is 0 Å². The standard InChI is InChI=1S/C13H16N4O/c1-9(2)4-5-12-15-13(18-16-12)11-6-10(7-14)8-17(11)3/h6,8-9H,4-5H2,1-3H3. The van der Waals surface area contributed by atoms with E-state index < -0.39 is 0 Å². The van der Waals surface area contributed by atoms with E-state index in [1.807, 2.05) is 11.6 Å². The Labute approximate surface area is 106 Å². The van der Waals surface area contributed by atoms with Crippen LogP contribution in [0.5, 0.6) is 0 Å². The molecule has 0 saturated heterocycles. The van der Waals surface area contributed by atoms with Crippen LogP contribution in [-0.2, 0) is 13.5 Å². The molecule has 0 saturated carbocycles. The van der Waals surface area contributed by atoms with Crippen molar-refractivity contribution in [1.82, 2.24) is 14.7 Å². The van der Waals surface area contributed by atoms with Crippen molar-refractivity contribution < 1.29 is 4.52 Å². The Hall–Kier alpha value is -2.09. The molecular formula is C13H16N4O. The molecule has 0 aliphatic carbocycles.